The number of halogens is 3. The largest absolute Gasteiger partial charge is 0.573 e. The molecule has 1 aromatic rings. The van der Waals surface area contributed by atoms with E-state index in [0.717, 1.165) is 5.57 Å². The first-order valence-electron chi connectivity index (χ1n) is 5.66. The normalized spacial score (nSPS) is 12.7. The number of hydrogen-bond donors (Lipinski definition) is 1. The highest BCUT2D eigenvalue weighted by Gasteiger charge is 2.31. The van der Waals surface area contributed by atoms with E-state index in [1.54, 1.807) is 13.0 Å². The van der Waals surface area contributed by atoms with Gasteiger partial charge in [-0.15, -0.1) is 13.2 Å². The number of nitrogens with one attached hydrogen (secondary N) is 1. The minimum Gasteiger partial charge on any atom is -0.406 e. The second kappa shape index (κ2) is 5.82. The molecule has 1 aromatic carbocycles. The van der Waals surface area contributed by atoms with Gasteiger partial charge in [0.1, 0.15) is 5.75 Å². The third-order valence-electron chi connectivity index (χ3n) is 2.50. The van der Waals surface area contributed by atoms with Gasteiger partial charge in [-0.1, -0.05) is 25.3 Å². The van der Waals surface area contributed by atoms with Crippen molar-refractivity contribution < 1.29 is 17.9 Å². The predicted molar refractivity (Wildman–Crippen MR) is 68.6 cm³/mol. The number of hydrogen-bond acceptors (Lipinski definition) is 2. The smallest absolute Gasteiger partial charge is 0.406 e. The fourth-order valence-corrected chi connectivity index (χ4v) is 1.45. The van der Waals surface area contributed by atoms with E-state index >= 15 is 0 Å². The Hall–Kier alpha value is -1.91. The number of alkyl halides is 3. The van der Waals surface area contributed by atoms with Crippen LogP contribution in [-0.4, -0.2) is 6.36 Å². The average Bonchev–Trinajstić information content (AvgIpc) is 2.26. The molecule has 104 valence electrons. The van der Waals surface area contributed by atoms with E-state index in [4.69, 9.17) is 0 Å². The Morgan fingerprint density at radius 2 is 1.95 bits per heavy atom. The van der Waals surface area contributed by atoms with Gasteiger partial charge in [0, 0.05) is 11.7 Å². The fraction of sp³-hybridized carbons (Fsp3) is 0.286. The number of rotatable bonds is 5. The summed E-state index contributed by atoms with van der Waals surface area (Å²) in [5, 5.41) is 3.05. The summed E-state index contributed by atoms with van der Waals surface area (Å²) in [7, 11) is 0. The average molecular weight is 271 g/mol. The maximum atomic E-state index is 12.1. The molecule has 0 fully saturated rings. The van der Waals surface area contributed by atoms with Crippen molar-refractivity contribution in [2.75, 3.05) is 0 Å². The Kier molecular flexibility index (Phi) is 4.64. The first-order chi connectivity index (χ1) is 8.69. The lowest BCUT2D eigenvalue weighted by Crippen LogP contribution is -2.19. The number of ether oxygens (including phenoxy) is 1. The third kappa shape index (κ3) is 5.07. The van der Waals surface area contributed by atoms with Gasteiger partial charge in [0.25, 0.3) is 0 Å². The molecule has 0 aliphatic rings. The summed E-state index contributed by atoms with van der Waals surface area (Å²) in [6, 6.07) is 5.64. The van der Waals surface area contributed by atoms with Crippen LogP contribution in [0, 0.1) is 0 Å². The zero-order valence-corrected chi connectivity index (χ0v) is 10.8. The Bertz CT molecular complexity index is 480. The zero-order chi connectivity index (χ0) is 14.6. The van der Waals surface area contributed by atoms with Gasteiger partial charge in [0.05, 0.1) is 0 Å². The van der Waals surface area contributed by atoms with Crippen LogP contribution in [0.25, 0.3) is 0 Å². The SMILES string of the molecule is C=C(C)C(=C)NC(C)c1cccc(OC(F)(F)F)c1. The second-order valence-corrected chi connectivity index (χ2v) is 4.25. The number of benzene rings is 1. The second-order valence-electron chi connectivity index (χ2n) is 4.25. The standard InChI is InChI=1S/C14H16F3NO/c1-9(2)10(3)18-11(4)12-6-5-7-13(8-12)19-14(15,16)17/h5-8,11,18H,1,3H2,2,4H3. The molecule has 0 aliphatic carbocycles. The molecule has 2 nitrogen and oxygen atoms in total. The molecule has 0 saturated carbocycles. The first kappa shape index (κ1) is 15.1. The Morgan fingerprint density at radius 1 is 1.32 bits per heavy atom. The van der Waals surface area contributed by atoms with Crippen molar-refractivity contribution in [1.82, 2.24) is 5.32 Å². The molecule has 0 spiro atoms. The molecule has 19 heavy (non-hydrogen) atoms. The summed E-state index contributed by atoms with van der Waals surface area (Å²) in [5.41, 5.74) is 2.09. The lowest BCUT2D eigenvalue weighted by molar-refractivity contribution is -0.274. The topological polar surface area (TPSA) is 21.3 Å². The Labute approximate surface area is 110 Å². The van der Waals surface area contributed by atoms with Crippen molar-refractivity contribution >= 4 is 0 Å². The third-order valence-corrected chi connectivity index (χ3v) is 2.50. The van der Waals surface area contributed by atoms with E-state index in [0.29, 0.717) is 11.3 Å². The summed E-state index contributed by atoms with van der Waals surface area (Å²) in [5.74, 6) is -0.236. The summed E-state index contributed by atoms with van der Waals surface area (Å²) >= 11 is 0. The van der Waals surface area contributed by atoms with Crippen LogP contribution in [0.5, 0.6) is 5.75 Å². The van der Waals surface area contributed by atoms with E-state index in [1.807, 2.05) is 6.92 Å². The molecule has 0 bridgehead atoms. The van der Waals surface area contributed by atoms with Crippen molar-refractivity contribution in [3.8, 4) is 5.75 Å². The van der Waals surface area contributed by atoms with E-state index < -0.39 is 6.36 Å². The van der Waals surface area contributed by atoms with Gasteiger partial charge in [-0.05, 0) is 37.1 Å². The van der Waals surface area contributed by atoms with Crippen LogP contribution in [0.4, 0.5) is 13.2 Å². The molecule has 0 aliphatic heterocycles. The highest BCUT2D eigenvalue weighted by Crippen LogP contribution is 2.25. The predicted octanol–water partition coefficient (Wildman–Crippen LogP) is 4.33. The van der Waals surface area contributed by atoms with Crippen molar-refractivity contribution in [1.29, 1.82) is 0 Å². The molecule has 0 heterocycles. The lowest BCUT2D eigenvalue weighted by Gasteiger charge is -2.18. The van der Waals surface area contributed by atoms with Gasteiger partial charge < -0.3 is 10.1 Å². The minimum atomic E-state index is -4.68. The Morgan fingerprint density at radius 3 is 2.47 bits per heavy atom. The van der Waals surface area contributed by atoms with Crippen LogP contribution in [0.2, 0.25) is 0 Å². The highest BCUT2D eigenvalue weighted by molar-refractivity contribution is 5.32. The van der Waals surface area contributed by atoms with Gasteiger partial charge in [-0.3, -0.25) is 0 Å². The maximum absolute atomic E-state index is 12.1. The van der Waals surface area contributed by atoms with E-state index in [2.05, 4.69) is 23.2 Å². The van der Waals surface area contributed by atoms with Crippen LogP contribution in [-0.2, 0) is 0 Å². The monoisotopic (exact) mass is 271 g/mol. The van der Waals surface area contributed by atoms with Gasteiger partial charge in [0.15, 0.2) is 0 Å². The molecule has 0 radical (unpaired) electrons. The first-order valence-corrected chi connectivity index (χ1v) is 5.66. The van der Waals surface area contributed by atoms with Crippen molar-refractivity contribution in [3.05, 3.63) is 54.3 Å². The van der Waals surface area contributed by atoms with E-state index in [-0.39, 0.29) is 11.8 Å². The molecule has 0 aromatic heterocycles. The van der Waals surface area contributed by atoms with Gasteiger partial charge in [-0.25, -0.2) is 0 Å². The molecule has 0 saturated heterocycles. The summed E-state index contributed by atoms with van der Waals surface area (Å²) < 4.78 is 40.3. The van der Waals surface area contributed by atoms with Gasteiger partial charge in [-0.2, -0.15) is 0 Å². The summed E-state index contributed by atoms with van der Waals surface area (Å²) in [6.45, 7) is 11.1. The van der Waals surface area contributed by atoms with Gasteiger partial charge in [0.2, 0.25) is 0 Å². The molecule has 1 unspecified atom stereocenters. The van der Waals surface area contributed by atoms with Crippen molar-refractivity contribution in [2.24, 2.45) is 0 Å². The quantitative estimate of drug-likeness (QED) is 0.805. The molecular formula is C14H16F3NO. The molecule has 1 N–H and O–H groups in total. The summed E-state index contributed by atoms with van der Waals surface area (Å²) in [4.78, 5) is 0. The van der Waals surface area contributed by atoms with E-state index in [9.17, 15) is 13.2 Å². The van der Waals surface area contributed by atoms with E-state index in [1.165, 1.54) is 18.2 Å². The maximum Gasteiger partial charge on any atom is 0.573 e. The fourth-order valence-electron chi connectivity index (χ4n) is 1.45. The van der Waals surface area contributed by atoms with Crippen LogP contribution in [0.3, 0.4) is 0 Å². The van der Waals surface area contributed by atoms with Crippen LogP contribution < -0.4 is 10.1 Å². The van der Waals surface area contributed by atoms with Crippen molar-refractivity contribution in [3.63, 3.8) is 0 Å². The molecule has 0 amide bonds. The Balaban J connectivity index is 2.81. The highest BCUT2D eigenvalue weighted by atomic mass is 19.4. The van der Waals surface area contributed by atoms with Crippen LogP contribution in [0.1, 0.15) is 25.5 Å². The van der Waals surface area contributed by atoms with Crippen LogP contribution in [0.15, 0.2) is 48.7 Å². The zero-order valence-electron chi connectivity index (χ0n) is 10.8. The minimum absolute atomic E-state index is 0.194. The molecular weight excluding hydrogens is 255 g/mol. The van der Waals surface area contributed by atoms with Gasteiger partial charge >= 0.3 is 6.36 Å². The molecule has 1 atom stereocenters. The van der Waals surface area contributed by atoms with Crippen molar-refractivity contribution in [2.45, 2.75) is 26.3 Å². The summed E-state index contributed by atoms with van der Waals surface area (Å²) in [6.07, 6.45) is -4.68. The lowest BCUT2D eigenvalue weighted by atomic mass is 10.1. The van der Waals surface area contributed by atoms with Crippen LogP contribution >= 0.6 is 0 Å². The molecule has 1 rings (SSSR count). The molecule has 5 heteroatoms. The number of allylic oxidation sites excluding steroid dienone is 1.